The van der Waals surface area contributed by atoms with Gasteiger partial charge in [0, 0.05) is 12.5 Å². The van der Waals surface area contributed by atoms with Gasteiger partial charge in [-0.3, -0.25) is 4.79 Å². The Hall–Kier alpha value is -0.830. The lowest BCUT2D eigenvalue weighted by atomic mass is 10.0. The molecule has 1 aliphatic heterocycles. The van der Waals surface area contributed by atoms with Crippen LogP contribution in [0, 0.1) is 0 Å². The van der Waals surface area contributed by atoms with E-state index in [4.69, 9.17) is 4.74 Å². The van der Waals surface area contributed by atoms with Crippen molar-refractivity contribution in [2.24, 2.45) is 0 Å². The molecular formula is C12H21NO2. The van der Waals surface area contributed by atoms with Gasteiger partial charge in [-0.25, -0.2) is 0 Å². The van der Waals surface area contributed by atoms with Crippen molar-refractivity contribution in [2.75, 3.05) is 6.61 Å². The van der Waals surface area contributed by atoms with Crippen LogP contribution in [-0.2, 0) is 9.53 Å². The number of carbonyl (C=O) groups excluding carboxylic acids is 1. The van der Waals surface area contributed by atoms with E-state index in [0.717, 1.165) is 12.8 Å². The second-order valence-corrected chi connectivity index (χ2v) is 4.74. The minimum Gasteiger partial charge on any atom is -0.464 e. The van der Waals surface area contributed by atoms with Crippen LogP contribution in [0.25, 0.3) is 0 Å². The van der Waals surface area contributed by atoms with Crippen LogP contribution in [0.4, 0.5) is 0 Å². The van der Waals surface area contributed by atoms with Crippen LogP contribution >= 0.6 is 0 Å². The van der Waals surface area contributed by atoms with Gasteiger partial charge in [-0.05, 0) is 33.6 Å². The summed E-state index contributed by atoms with van der Waals surface area (Å²) in [4.78, 5) is 10.6. The van der Waals surface area contributed by atoms with E-state index in [2.05, 4.69) is 32.2 Å². The Kier molecular flexibility index (Phi) is 3.91. The molecule has 0 spiro atoms. The number of ether oxygens (including phenoxy) is 1. The molecule has 86 valence electrons. The van der Waals surface area contributed by atoms with Gasteiger partial charge in [0.25, 0.3) is 0 Å². The van der Waals surface area contributed by atoms with Gasteiger partial charge in [0.1, 0.15) is 6.61 Å². The Balaban J connectivity index is 2.21. The number of hydrogen-bond acceptors (Lipinski definition) is 3. The number of hydrogen-bond donors (Lipinski definition) is 1. The Labute approximate surface area is 91.9 Å². The third-order valence-electron chi connectivity index (χ3n) is 2.86. The van der Waals surface area contributed by atoms with Crippen LogP contribution in [0.1, 0.15) is 40.5 Å². The predicted molar refractivity (Wildman–Crippen MR) is 60.6 cm³/mol. The lowest BCUT2D eigenvalue weighted by molar-refractivity contribution is -0.140. The minimum atomic E-state index is -0.199. The van der Waals surface area contributed by atoms with Crippen LogP contribution in [0.5, 0.6) is 0 Å². The maximum absolute atomic E-state index is 10.6. The van der Waals surface area contributed by atoms with Crippen molar-refractivity contribution in [3.8, 4) is 0 Å². The van der Waals surface area contributed by atoms with Crippen LogP contribution in [0.15, 0.2) is 11.6 Å². The van der Waals surface area contributed by atoms with E-state index in [-0.39, 0.29) is 11.5 Å². The Morgan fingerprint density at radius 2 is 2.13 bits per heavy atom. The van der Waals surface area contributed by atoms with Crippen molar-refractivity contribution >= 4 is 5.97 Å². The van der Waals surface area contributed by atoms with Gasteiger partial charge >= 0.3 is 5.97 Å². The molecule has 15 heavy (non-hydrogen) atoms. The fourth-order valence-corrected chi connectivity index (χ4v) is 1.69. The monoisotopic (exact) mass is 211 g/mol. The highest BCUT2D eigenvalue weighted by Gasteiger charge is 2.48. The molecule has 3 heteroatoms. The van der Waals surface area contributed by atoms with Crippen molar-refractivity contribution in [3.63, 3.8) is 0 Å². The predicted octanol–water partition coefficient (Wildman–Crippen LogP) is 2.03. The van der Waals surface area contributed by atoms with Crippen molar-refractivity contribution in [2.45, 2.75) is 52.1 Å². The second kappa shape index (κ2) is 4.79. The van der Waals surface area contributed by atoms with E-state index < -0.39 is 0 Å². The molecule has 0 aliphatic carbocycles. The first kappa shape index (κ1) is 12.2. The Morgan fingerprint density at radius 1 is 1.47 bits per heavy atom. The average molecular weight is 211 g/mol. The van der Waals surface area contributed by atoms with E-state index >= 15 is 0 Å². The largest absolute Gasteiger partial charge is 0.464 e. The number of esters is 1. The fourth-order valence-electron chi connectivity index (χ4n) is 1.69. The second-order valence-electron chi connectivity index (χ2n) is 4.74. The summed E-state index contributed by atoms with van der Waals surface area (Å²) in [5.41, 5.74) is 1.53. The SMILES string of the molecule is CC(=O)OCC1NC1(C)CCC=C(C)C. The fraction of sp³-hybridized carbons (Fsp3) is 0.750. The van der Waals surface area contributed by atoms with Gasteiger partial charge in [-0.1, -0.05) is 11.6 Å². The molecule has 0 aromatic rings. The lowest BCUT2D eigenvalue weighted by Gasteiger charge is -2.06. The van der Waals surface area contributed by atoms with Gasteiger partial charge in [0.15, 0.2) is 0 Å². The molecule has 2 atom stereocenters. The maximum Gasteiger partial charge on any atom is 0.302 e. The average Bonchev–Trinajstić information content (AvgIpc) is 2.73. The van der Waals surface area contributed by atoms with E-state index in [0.29, 0.717) is 12.6 Å². The summed E-state index contributed by atoms with van der Waals surface area (Å²) in [6, 6.07) is 0.340. The number of carbonyl (C=O) groups is 1. The molecule has 3 nitrogen and oxygen atoms in total. The Morgan fingerprint density at radius 3 is 2.67 bits per heavy atom. The van der Waals surface area contributed by atoms with Gasteiger partial charge in [0.05, 0.1) is 6.04 Å². The van der Waals surface area contributed by atoms with E-state index in [1.807, 2.05) is 0 Å². The topological polar surface area (TPSA) is 48.2 Å². The smallest absolute Gasteiger partial charge is 0.302 e. The lowest BCUT2D eigenvalue weighted by Crippen LogP contribution is -2.15. The zero-order valence-electron chi connectivity index (χ0n) is 10.1. The van der Waals surface area contributed by atoms with E-state index in [1.54, 1.807) is 0 Å². The normalized spacial score (nSPS) is 28.4. The van der Waals surface area contributed by atoms with Crippen LogP contribution in [0.2, 0.25) is 0 Å². The molecule has 0 saturated carbocycles. The standard InChI is InChI=1S/C12H21NO2/c1-9(2)6-5-7-12(4)11(13-12)8-15-10(3)14/h6,11,13H,5,7-8H2,1-4H3. The summed E-state index contributed by atoms with van der Waals surface area (Å²) in [6.45, 7) is 8.35. The molecule has 0 bridgehead atoms. The molecule has 0 aromatic carbocycles. The van der Waals surface area contributed by atoms with Gasteiger partial charge in [0.2, 0.25) is 0 Å². The summed E-state index contributed by atoms with van der Waals surface area (Å²) >= 11 is 0. The van der Waals surface area contributed by atoms with Gasteiger partial charge < -0.3 is 10.1 Å². The van der Waals surface area contributed by atoms with Crippen molar-refractivity contribution < 1.29 is 9.53 Å². The maximum atomic E-state index is 10.6. The molecule has 1 heterocycles. The van der Waals surface area contributed by atoms with Crippen LogP contribution in [-0.4, -0.2) is 24.2 Å². The molecule has 0 amide bonds. The summed E-state index contributed by atoms with van der Waals surface area (Å²) < 4.78 is 4.97. The molecule has 1 fully saturated rings. The molecule has 0 radical (unpaired) electrons. The molecular weight excluding hydrogens is 190 g/mol. The van der Waals surface area contributed by atoms with E-state index in [1.165, 1.54) is 12.5 Å². The molecule has 1 saturated heterocycles. The number of rotatable bonds is 5. The van der Waals surface area contributed by atoms with Crippen LogP contribution in [0.3, 0.4) is 0 Å². The van der Waals surface area contributed by atoms with Crippen molar-refractivity contribution in [1.29, 1.82) is 0 Å². The Bertz CT molecular complexity index is 269. The first-order chi connectivity index (χ1) is 6.94. The molecule has 1 N–H and O–H groups in total. The summed E-state index contributed by atoms with van der Waals surface area (Å²) in [7, 11) is 0. The summed E-state index contributed by atoms with van der Waals surface area (Å²) in [5, 5.41) is 3.37. The molecule has 2 unspecified atom stereocenters. The van der Waals surface area contributed by atoms with Crippen molar-refractivity contribution in [1.82, 2.24) is 5.32 Å². The number of allylic oxidation sites excluding steroid dienone is 2. The quantitative estimate of drug-likeness (QED) is 0.430. The van der Waals surface area contributed by atoms with Gasteiger partial charge in [-0.2, -0.15) is 0 Å². The summed E-state index contributed by atoms with van der Waals surface area (Å²) in [6.07, 6.45) is 4.43. The molecule has 1 rings (SSSR count). The van der Waals surface area contributed by atoms with E-state index in [9.17, 15) is 4.79 Å². The summed E-state index contributed by atoms with van der Waals surface area (Å²) in [5.74, 6) is -0.199. The highest BCUT2D eigenvalue weighted by Crippen LogP contribution is 2.31. The zero-order chi connectivity index (χ0) is 11.5. The first-order valence-electron chi connectivity index (χ1n) is 5.48. The van der Waals surface area contributed by atoms with Crippen molar-refractivity contribution in [3.05, 3.63) is 11.6 Å². The molecule has 1 aliphatic rings. The zero-order valence-corrected chi connectivity index (χ0v) is 10.1. The molecule has 0 aromatic heterocycles. The highest BCUT2D eigenvalue weighted by atomic mass is 16.5. The van der Waals surface area contributed by atoms with Crippen LogP contribution < -0.4 is 5.32 Å². The number of nitrogens with one attached hydrogen (secondary N) is 1. The minimum absolute atomic E-state index is 0.168. The first-order valence-corrected chi connectivity index (χ1v) is 5.48. The van der Waals surface area contributed by atoms with Gasteiger partial charge in [-0.15, -0.1) is 0 Å². The third kappa shape index (κ3) is 4.04. The third-order valence-corrected chi connectivity index (χ3v) is 2.86. The highest BCUT2D eigenvalue weighted by molar-refractivity contribution is 5.66.